The van der Waals surface area contributed by atoms with E-state index in [2.05, 4.69) is 10.2 Å². The normalized spacial score (nSPS) is 10.3. The van der Waals surface area contributed by atoms with Crippen LogP contribution in [0.3, 0.4) is 0 Å². The van der Waals surface area contributed by atoms with Crippen LogP contribution < -0.4 is 0 Å². The van der Waals surface area contributed by atoms with Gasteiger partial charge in [-0.15, -0.1) is 0 Å². The molecule has 0 unspecified atom stereocenters. The minimum atomic E-state index is -0.998. The summed E-state index contributed by atoms with van der Waals surface area (Å²) in [5.74, 6) is -2.97. The van der Waals surface area contributed by atoms with Gasteiger partial charge in [-0.1, -0.05) is 0 Å². The van der Waals surface area contributed by atoms with Crippen LogP contribution in [0.15, 0.2) is 30.6 Å². The summed E-state index contributed by atoms with van der Waals surface area (Å²) in [5.41, 5.74) is 0.834. The SMILES string of the molecule is Oc1c(F)cc(-c2ccnnc2)cc1F. The minimum absolute atomic E-state index is 0.303. The number of halogens is 2. The van der Waals surface area contributed by atoms with Gasteiger partial charge >= 0.3 is 0 Å². The smallest absolute Gasteiger partial charge is 0.187 e. The molecule has 0 fully saturated rings. The van der Waals surface area contributed by atoms with Gasteiger partial charge in [0.25, 0.3) is 0 Å². The molecule has 0 aliphatic rings. The lowest BCUT2D eigenvalue weighted by molar-refractivity contribution is 0.396. The summed E-state index contributed by atoms with van der Waals surface area (Å²) in [6.45, 7) is 0. The summed E-state index contributed by atoms with van der Waals surface area (Å²) in [5, 5.41) is 16.0. The van der Waals surface area contributed by atoms with Crippen LogP contribution in [0.5, 0.6) is 5.75 Å². The summed E-state index contributed by atoms with van der Waals surface area (Å²) in [4.78, 5) is 0. The Morgan fingerprint density at radius 3 is 2.20 bits per heavy atom. The molecule has 0 bridgehead atoms. The molecule has 76 valence electrons. The first kappa shape index (κ1) is 9.51. The van der Waals surface area contributed by atoms with Gasteiger partial charge in [-0.05, 0) is 23.8 Å². The molecule has 0 aliphatic heterocycles. The Balaban J connectivity index is 2.56. The molecular formula is C10H6F2N2O. The van der Waals surface area contributed by atoms with Crippen LogP contribution in [0.1, 0.15) is 0 Å². The van der Waals surface area contributed by atoms with Crippen molar-refractivity contribution in [2.75, 3.05) is 0 Å². The fourth-order valence-corrected chi connectivity index (χ4v) is 1.19. The van der Waals surface area contributed by atoms with Crippen LogP contribution in [0, 0.1) is 11.6 Å². The topological polar surface area (TPSA) is 46.0 Å². The number of aromatic hydroxyl groups is 1. The van der Waals surface area contributed by atoms with Gasteiger partial charge in [0.15, 0.2) is 17.4 Å². The van der Waals surface area contributed by atoms with Gasteiger partial charge in [0, 0.05) is 5.56 Å². The van der Waals surface area contributed by atoms with Crippen molar-refractivity contribution in [2.45, 2.75) is 0 Å². The Bertz CT molecular complexity index is 465. The van der Waals surface area contributed by atoms with Crippen molar-refractivity contribution in [1.82, 2.24) is 10.2 Å². The molecule has 15 heavy (non-hydrogen) atoms. The van der Waals surface area contributed by atoms with Gasteiger partial charge in [-0.2, -0.15) is 10.2 Å². The lowest BCUT2D eigenvalue weighted by atomic mass is 10.1. The quantitative estimate of drug-likeness (QED) is 0.780. The molecular weight excluding hydrogens is 202 g/mol. The molecule has 2 aromatic rings. The van der Waals surface area contributed by atoms with Crippen LogP contribution in [0.4, 0.5) is 8.78 Å². The molecule has 0 atom stereocenters. The third-order valence-electron chi connectivity index (χ3n) is 1.93. The molecule has 0 spiro atoms. The highest BCUT2D eigenvalue weighted by atomic mass is 19.1. The molecule has 1 N–H and O–H groups in total. The Hall–Kier alpha value is -2.04. The number of rotatable bonds is 1. The first-order valence-electron chi connectivity index (χ1n) is 4.13. The van der Waals surface area contributed by atoms with Crippen molar-refractivity contribution in [3.8, 4) is 16.9 Å². The van der Waals surface area contributed by atoms with E-state index in [1.54, 1.807) is 6.07 Å². The average Bonchev–Trinajstić information content (AvgIpc) is 2.26. The number of benzene rings is 1. The monoisotopic (exact) mass is 208 g/mol. The average molecular weight is 208 g/mol. The van der Waals surface area contributed by atoms with Gasteiger partial charge in [-0.3, -0.25) is 0 Å². The zero-order valence-corrected chi connectivity index (χ0v) is 7.48. The third kappa shape index (κ3) is 1.76. The molecule has 3 nitrogen and oxygen atoms in total. The molecule has 1 aromatic heterocycles. The number of hydrogen-bond acceptors (Lipinski definition) is 3. The second-order valence-electron chi connectivity index (χ2n) is 2.92. The molecule has 0 saturated carbocycles. The molecule has 1 aromatic carbocycles. The van der Waals surface area contributed by atoms with Crippen LogP contribution in [-0.4, -0.2) is 15.3 Å². The molecule has 0 saturated heterocycles. The Morgan fingerprint density at radius 2 is 1.67 bits per heavy atom. The third-order valence-corrected chi connectivity index (χ3v) is 1.93. The van der Waals surface area contributed by atoms with E-state index in [1.165, 1.54) is 12.4 Å². The lowest BCUT2D eigenvalue weighted by Gasteiger charge is -2.02. The maximum atomic E-state index is 13.0. The van der Waals surface area contributed by atoms with Crippen molar-refractivity contribution in [3.63, 3.8) is 0 Å². The minimum Gasteiger partial charge on any atom is -0.503 e. The highest BCUT2D eigenvalue weighted by molar-refractivity contribution is 5.63. The summed E-state index contributed by atoms with van der Waals surface area (Å²) < 4.78 is 26.0. The maximum absolute atomic E-state index is 13.0. The van der Waals surface area contributed by atoms with Gasteiger partial charge in [0.2, 0.25) is 0 Å². The van der Waals surface area contributed by atoms with Crippen molar-refractivity contribution >= 4 is 0 Å². The van der Waals surface area contributed by atoms with E-state index in [0.717, 1.165) is 12.1 Å². The molecule has 0 aliphatic carbocycles. The molecule has 1 heterocycles. The van der Waals surface area contributed by atoms with Gasteiger partial charge in [0.05, 0.1) is 12.4 Å². The second-order valence-corrected chi connectivity index (χ2v) is 2.92. The van der Waals surface area contributed by atoms with E-state index in [4.69, 9.17) is 5.11 Å². The maximum Gasteiger partial charge on any atom is 0.187 e. The van der Waals surface area contributed by atoms with E-state index in [9.17, 15) is 8.78 Å². The van der Waals surface area contributed by atoms with Crippen LogP contribution >= 0.6 is 0 Å². The van der Waals surface area contributed by atoms with Crippen molar-refractivity contribution in [3.05, 3.63) is 42.2 Å². The van der Waals surface area contributed by atoms with E-state index >= 15 is 0 Å². The Labute approximate surface area is 84.0 Å². The van der Waals surface area contributed by atoms with E-state index in [-0.39, 0.29) is 0 Å². The standard InChI is InChI=1S/C10H6F2N2O/c11-8-3-7(4-9(12)10(8)15)6-1-2-13-14-5-6/h1-5,15H. The second kappa shape index (κ2) is 3.61. The molecule has 0 radical (unpaired) electrons. The predicted molar refractivity (Wildman–Crippen MR) is 49.0 cm³/mol. The summed E-state index contributed by atoms with van der Waals surface area (Å²) in [6, 6.07) is 3.64. The largest absolute Gasteiger partial charge is 0.503 e. The van der Waals surface area contributed by atoms with Crippen molar-refractivity contribution < 1.29 is 13.9 Å². The Morgan fingerprint density at radius 1 is 1.00 bits per heavy atom. The number of phenolic OH excluding ortho intramolecular Hbond substituents is 1. The van der Waals surface area contributed by atoms with E-state index in [1.807, 2.05) is 0 Å². The lowest BCUT2D eigenvalue weighted by Crippen LogP contribution is -1.87. The number of phenols is 1. The van der Waals surface area contributed by atoms with Crippen LogP contribution in [-0.2, 0) is 0 Å². The summed E-state index contributed by atoms with van der Waals surface area (Å²) in [7, 11) is 0. The van der Waals surface area contributed by atoms with Crippen LogP contribution in [0.2, 0.25) is 0 Å². The number of hydrogen-bond donors (Lipinski definition) is 1. The van der Waals surface area contributed by atoms with Gasteiger partial charge in [-0.25, -0.2) is 8.78 Å². The van der Waals surface area contributed by atoms with Gasteiger partial charge in [0.1, 0.15) is 0 Å². The highest BCUT2D eigenvalue weighted by Crippen LogP contribution is 2.27. The summed E-state index contributed by atoms with van der Waals surface area (Å²) in [6.07, 6.45) is 2.79. The first-order valence-corrected chi connectivity index (χ1v) is 4.13. The fourth-order valence-electron chi connectivity index (χ4n) is 1.19. The summed E-state index contributed by atoms with van der Waals surface area (Å²) >= 11 is 0. The number of nitrogens with zero attached hydrogens (tertiary/aromatic N) is 2. The van der Waals surface area contributed by atoms with Crippen molar-refractivity contribution in [2.24, 2.45) is 0 Å². The first-order chi connectivity index (χ1) is 7.18. The number of aromatic nitrogens is 2. The van der Waals surface area contributed by atoms with E-state index < -0.39 is 17.4 Å². The molecule has 5 heteroatoms. The highest BCUT2D eigenvalue weighted by Gasteiger charge is 2.10. The fraction of sp³-hybridized carbons (Fsp3) is 0. The Kier molecular flexibility index (Phi) is 2.29. The van der Waals surface area contributed by atoms with Crippen LogP contribution in [0.25, 0.3) is 11.1 Å². The van der Waals surface area contributed by atoms with E-state index in [0.29, 0.717) is 11.1 Å². The van der Waals surface area contributed by atoms with Gasteiger partial charge < -0.3 is 5.11 Å². The van der Waals surface area contributed by atoms with Crippen molar-refractivity contribution in [1.29, 1.82) is 0 Å². The molecule has 0 amide bonds. The molecule has 2 rings (SSSR count). The predicted octanol–water partition coefficient (Wildman–Crippen LogP) is 2.13. The zero-order valence-electron chi connectivity index (χ0n) is 7.48. The zero-order chi connectivity index (χ0) is 10.8.